The van der Waals surface area contributed by atoms with Crippen molar-refractivity contribution in [1.82, 2.24) is 4.98 Å². The number of para-hydroxylation sites is 1. The number of pyridine rings is 1. The summed E-state index contributed by atoms with van der Waals surface area (Å²) in [6.45, 7) is 0. The fourth-order valence-corrected chi connectivity index (χ4v) is 1.76. The van der Waals surface area contributed by atoms with E-state index >= 15 is 0 Å². The van der Waals surface area contributed by atoms with Gasteiger partial charge in [0.25, 0.3) is 5.91 Å². The van der Waals surface area contributed by atoms with Gasteiger partial charge >= 0.3 is 0 Å². The number of phenolic OH excluding ortho intramolecular Hbond substituents is 1. The SMILES string of the molecule is Nc1cccc(C(=O)Nc2cccnc2Br)c1O. The number of hydrogen-bond acceptors (Lipinski definition) is 4. The average molecular weight is 308 g/mol. The number of nitrogens with one attached hydrogen (secondary N) is 1. The first-order valence-corrected chi connectivity index (χ1v) is 5.88. The fraction of sp³-hybridized carbons (Fsp3) is 0. The van der Waals surface area contributed by atoms with E-state index in [1.54, 1.807) is 24.4 Å². The highest BCUT2D eigenvalue weighted by Gasteiger charge is 2.14. The fourth-order valence-electron chi connectivity index (χ4n) is 1.41. The topological polar surface area (TPSA) is 88.2 Å². The summed E-state index contributed by atoms with van der Waals surface area (Å²) in [5, 5.41) is 12.3. The zero-order valence-corrected chi connectivity index (χ0v) is 10.8. The lowest BCUT2D eigenvalue weighted by atomic mass is 10.1. The number of nitrogens with zero attached hydrogens (tertiary/aromatic N) is 1. The Hall–Kier alpha value is -2.08. The Morgan fingerprint density at radius 1 is 1.33 bits per heavy atom. The Morgan fingerprint density at radius 2 is 2.11 bits per heavy atom. The van der Waals surface area contributed by atoms with Crippen LogP contribution in [0.1, 0.15) is 10.4 Å². The molecule has 1 amide bonds. The van der Waals surface area contributed by atoms with Gasteiger partial charge in [-0.1, -0.05) is 6.07 Å². The smallest absolute Gasteiger partial charge is 0.259 e. The van der Waals surface area contributed by atoms with E-state index in [1.807, 2.05) is 0 Å². The first kappa shape index (κ1) is 12.4. The van der Waals surface area contributed by atoms with Crippen LogP contribution in [0.15, 0.2) is 41.1 Å². The summed E-state index contributed by atoms with van der Waals surface area (Å²) in [5.74, 6) is -0.677. The maximum Gasteiger partial charge on any atom is 0.259 e. The Bertz CT molecular complexity index is 602. The van der Waals surface area contributed by atoms with Crippen LogP contribution < -0.4 is 11.1 Å². The van der Waals surface area contributed by atoms with Gasteiger partial charge in [0.15, 0.2) is 5.75 Å². The van der Waals surface area contributed by atoms with Gasteiger partial charge in [0.1, 0.15) is 4.60 Å². The summed E-state index contributed by atoms with van der Waals surface area (Å²) >= 11 is 3.22. The van der Waals surface area contributed by atoms with E-state index in [4.69, 9.17) is 5.73 Å². The van der Waals surface area contributed by atoms with E-state index in [9.17, 15) is 9.90 Å². The minimum atomic E-state index is -0.450. The van der Waals surface area contributed by atoms with Crippen molar-refractivity contribution in [2.24, 2.45) is 0 Å². The number of rotatable bonds is 2. The second-order valence-corrected chi connectivity index (χ2v) is 4.29. The van der Waals surface area contributed by atoms with Crippen molar-refractivity contribution in [3.05, 3.63) is 46.7 Å². The van der Waals surface area contributed by atoms with Crippen LogP contribution in [0, 0.1) is 0 Å². The van der Waals surface area contributed by atoms with Crippen molar-refractivity contribution in [1.29, 1.82) is 0 Å². The molecule has 1 heterocycles. The second-order valence-electron chi connectivity index (χ2n) is 3.54. The zero-order chi connectivity index (χ0) is 13.1. The number of halogens is 1. The lowest BCUT2D eigenvalue weighted by Gasteiger charge is -2.08. The van der Waals surface area contributed by atoms with Gasteiger partial charge < -0.3 is 16.2 Å². The normalized spacial score (nSPS) is 10.1. The maximum absolute atomic E-state index is 12.0. The molecule has 5 nitrogen and oxygen atoms in total. The highest BCUT2D eigenvalue weighted by atomic mass is 79.9. The molecule has 0 unspecified atom stereocenters. The third kappa shape index (κ3) is 2.43. The number of amides is 1. The van der Waals surface area contributed by atoms with Gasteiger partial charge in [0.2, 0.25) is 0 Å². The predicted octanol–water partition coefficient (Wildman–Crippen LogP) is 2.38. The van der Waals surface area contributed by atoms with E-state index in [2.05, 4.69) is 26.2 Å². The van der Waals surface area contributed by atoms with Crippen LogP contribution in [0.3, 0.4) is 0 Å². The molecule has 0 fully saturated rings. The number of hydrogen-bond donors (Lipinski definition) is 3. The number of nitrogens with two attached hydrogens (primary N) is 1. The van der Waals surface area contributed by atoms with E-state index < -0.39 is 5.91 Å². The molecular weight excluding hydrogens is 298 g/mol. The molecule has 0 saturated heterocycles. The molecule has 0 aliphatic carbocycles. The molecule has 0 saturated carbocycles. The second kappa shape index (κ2) is 5.05. The lowest BCUT2D eigenvalue weighted by molar-refractivity contribution is 0.102. The number of aromatic hydroxyl groups is 1. The van der Waals surface area contributed by atoms with Gasteiger partial charge in [-0.25, -0.2) is 4.98 Å². The number of carbonyl (C=O) groups excluding carboxylic acids is 1. The summed E-state index contributed by atoms with van der Waals surface area (Å²) in [6, 6.07) is 8.00. The molecule has 92 valence electrons. The standard InChI is InChI=1S/C12H10BrN3O2/c13-11-9(5-2-6-15-11)16-12(18)7-3-1-4-8(14)10(7)17/h1-6,17H,14H2,(H,16,18). The highest BCUT2D eigenvalue weighted by Crippen LogP contribution is 2.26. The molecule has 1 aromatic carbocycles. The maximum atomic E-state index is 12.0. The van der Waals surface area contributed by atoms with E-state index in [0.717, 1.165) is 0 Å². The summed E-state index contributed by atoms with van der Waals surface area (Å²) in [7, 11) is 0. The lowest BCUT2D eigenvalue weighted by Crippen LogP contribution is -2.13. The number of benzene rings is 1. The number of carbonyl (C=O) groups is 1. The summed E-state index contributed by atoms with van der Waals surface area (Å²) in [4.78, 5) is 15.9. The highest BCUT2D eigenvalue weighted by molar-refractivity contribution is 9.10. The molecule has 6 heteroatoms. The molecule has 0 aliphatic heterocycles. The van der Waals surface area contributed by atoms with Crippen LogP contribution in [0.2, 0.25) is 0 Å². The minimum absolute atomic E-state index is 0.116. The van der Waals surface area contributed by atoms with Gasteiger partial charge in [0, 0.05) is 6.20 Å². The first-order chi connectivity index (χ1) is 8.59. The molecule has 0 spiro atoms. The summed E-state index contributed by atoms with van der Waals surface area (Å²) < 4.78 is 0.516. The molecule has 2 aromatic rings. The number of nitrogen functional groups attached to an aromatic ring is 1. The van der Waals surface area contributed by atoms with Crippen LogP contribution in [0.25, 0.3) is 0 Å². The van der Waals surface area contributed by atoms with Crippen molar-refractivity contribution < 1.29 is 9.90 Å². The monoisotopic (exact) mass is 307 g/mol. The van der Waals surface area contributed by atoms with Crippen molar-refractivity contribution in [2.45, 2.75) is 0 Å². The molecule has 18 heavy (non-hydrogen) atoms. The molecule has 0 atom stereocenters. The Balaban J connectivity index is 2.28. The predicted molar refractivity (Wildman–Crippen MR) is 72.4 cm³/mol. The number of aromatic nitrogens is 1. The van der Waals surface area contributed by atoms with E-state index in [0.29, 0.717) is 10.3 Å². The van der Waals surface area contributed by atoms with Gasteiger partial charge in [-0.05, 0) is 40.2 Å². The molecular formula is C12H10BrN3O2. The molecule has 4 N–H and O–H groups in total. The summed E-state index contributed by atoms with van der Waals surface area (Å²) in [5.41, 5.74) is 6.32. The van der Waals surface area contributed by atoms with E-state index in [-0.39, 0.29) is 17.0 Å². The average Bonchev–Trinajstić information content (AvgIpc) is 2.35. The van der Waals surface area contributed by atoms with Gasteiger partial charge in [-0.15, -0.1) is 0 Å². The Kier molecular flexibility index (Phi) is 3.47. The van der Waals surface area contributed by atoms with Crippen molar-refractivity contribution in [2.75, 3.05) is 11.1 Å². The minimum Gasteiger partial charge on any atom is -0.505 e. The molecule has 2 rings (SSSR count). The largest absolute Gasteiger partial charge is 0.505 e. The van der Waals surface area contributed by atoms with Gasteiger partial charge in [-0.3, -0.25) is 4.79 Å². The van der Waals surface area contributed by atoms with Crippen LogP contribution >= 0.6 is 15.9 Å². The third-order valence-corrected chi connectivity index (χ3v) is 2.95. The first-order valence-electron chi connectivity index (χ1n) is 5.09. The van der Waals surface area contributed by atoms with Crippen molar-refractivity contribution >= 4 is 33.2 Å². The van der Waals surface area contributed by atoms with Gasteiger partial charge in [-0.2, -0.15) is 0 Å². The Morgan fingerprint density at radius 3 is 2.83 bits per heavy atom. The molecule has 0 bridgehead atoms. The Labute approximate surface area is 112 Å². The van der Waals surface area contributed by atoms with Crippen molar-refractivity contribution in [3.63, 3.8) is 0 Å². The molecule has 0 aliphatic rings. The van der Waals surface area contributed by atoms with Crippen molar-refractivity contribution in [3.8, 4) is 5.75 Å². The van der Waals surface area contributed by atoms with Crippen LogP contribution in [-0.2, 0) is 0 Å². The number of phenols is 1. The van der Waals surface area contributed by atoms with E-state index in [1.165, 1.54) is 12.1 Å². The van der Waals surface area contributed by atoms with Crippen LogP contribution in [0.5, 0.6) is 5.75 Å². The quantitative estimate of drug-likeness (QED) is 0.451. The molecule has 1 aromatic heterocycles. The molecule has 0 radical (unpaired) electrons. The van der Waals surface area contributed by atoms with Crippen LogP contribution in [0.4, 0.5) is 11.4 Å². The third-order valence-electron chi connectivity index (χ3n) is 2.32. The number of anilines is 2. The van der Waals surface area contributed by atoms with Gasteiger partial charge in [0.05, 0.1) is 16.9 Å². The van der Waals surface area contributed by atoms with Crippen LogP contribution in [-0.4, -0.2) is 16.0 Å². The summed E-state index contributed by atoms with van der Waals surface area (Å²) in [6.07, 6.45) is 1.59. The zero-order valence-electron chi connectivity index (χ0n) is 9.22.